The third kappa shape index (κ3) is 3.59. The lowest BCUT2D eigenvalue weighted by Gasteiger charge is -2.35. The number of anilines is 1. The van der Waals surface area contributed by atoms with Gasteiger partial charge < -0.3 is 10.2 Å². The molecule has 1 aliphatic rings. The molecule has 0 saturated carbocycles. The first-order valence-corrected chi connectivity index (χ1v) is 6.28. The largest absolute Gasteiger partial charge is 0.368 e. The second-order valence-corrected chi connectivity index (χ2v) is 4.66. The summed E-state index contributed by atoms with van der Waals surface area (Å²) in [5.74, 6) is -1.77. The number of hydrogen-bond acceptors (Lipinski definition) is 2. The van der Waals surface area contributed by atoms with Crippen molar-refractivity contribution in [1.29, 1.82) is 0 Å². The molecule has 1 aliphatic heterocycles. The van der Waals surface area contributed by atoms with Gasteiger partial charge in [-0.15, -0.1) is 0 Å². The van der Waals surface area contributed by atoms with E-state index in [1.807, 2.05) is 0 Å². The van der Waals surface area contributed by atoms with E-state index in [9.17, 15) is 17.6 Å². The predicted octanol–water partition coefficient (Wildman–Crippen LogP) is 2.79. The van der Waals surface area contributed by atoms with Crippen LogP contribution in [0.25, 0.3) is 0 Å². The normalized spacial score (nSPS) is 20.1. The molecular weight excluding hydrogens is 260 g/mol. The molecule has 0 bridgehead atoms. The monoisotopic (exact) mass is 276 g/mol. The molecule has 6 heteroatoms. The van der Waals surface area contributed by atoms with Crippen LogP contribution in [0.3, 0.4) is 0 Å². The molecule has 1 heterocycles. The molecule has 106 valence electrons. The van der Waals surface area contributed by atoms with Crippen LogP contribution in [0.1, 0.15) is 12.8 Å². The van der Waals surface area contributed by atoms with Crippen molar-refractivity contribution >= 4 is 5.69 Å². The van der Waals surface area contributed by atoms with E-state index in [1.165, 1.54) is 12.1 Å². The molecule has 0 amide bonds. The summed E-state index contributed by atoms with van der Waals surface area (Å²) in [6, 6.07) is 3.90. The Morgan fingerprint density at radius 3 is 2.84 bits per heavy atom. The molecule has 19 heavy (non-hydrogen) atoms. The summed E-state index contributed by atoms with van der Waals surface area (Å²) in [5.41, 5.74) is 0.198. The molecule has 2 rings (SSSR count). The highest BCUT2D eigenvalue weighted by atomic mass is 19.3. The molecule has 1 N–H and O–H groups in total. The third-order valence-electron chi connectivity index (χ3n) is 3.25. The topological polar surface area (TPSA) is 15.3 Å². The summed E-state index contributed by atoms with van der Waals surface area (Å²) in [7, 11) is 0. The summed E-state index contributed by atoms with van der Waals surface area (Å²) in [6.07, 6.45) is -0.877. The smallest absolute Gasteiger partial charge is 0.250 e. The maximum atomic E-state index is 13.7. The standard InChI is InChI=1S/C13H16F4N2/c14-10-4-1-5-11(13(10)17)19-6-2-3-9(8-19)18-7-12(15)16/h1,4-5,9,12,18H,2-3,6-8H2. The van der Waals surface area contributed by atoms with Gasteiger partial charge in [0.1, 0.15) is 0 Å². The number of alkyl halides is 2. The van der Waals surface area contributed by atoms with Crippen molar-refractivity contribution in [2.24, 2.45) is 0 Å². The average Bonchev–Trinajstić information content (AvgIpc) is 2.40. The van der Waals surface area contributed by atoms with Gasteiger partial charge in [-0.05, 0) is 25.0 Å². The van der Waals surface area contributed by atoms with Crippen LogP contribution in [-0.2, 0) is 0 Å². The van der Waals surface area contributed by atoms with Gasteiger partial charge in [-0.25, -0.2) is 17.6 Å². The summed E-state index contributed by atoms with van der Waals surface area (Å²) in [4.78, 5) is 1.70. The van der Waals surface area contributed by atoms with Gasteiger partial charge in [-0.2, -0.15) is 0 Å². The Morgan fingerprint density at radius 1 is 1.32 bits per heavy atom. The van der Waals surface area contributed by atoms with Crippen LogP contribution in [0.2, 0.25) is 0 Å². The zero-order valence-corrected chi connectivity index (χ0v) is 10.4. The lowest BCUT2D eigenvalue weighted by Crippen LogP contribution is -2.47. The van der Waals surface area contributed by atoms with E-state index in [0.29, 0.717) is 13.1 Å². The van der Waals surface area contributed by atoms with E-state index in [-0.39, 0.29) is 18.3 Å². The fraction of sp³-hybridized carbons (Fsp3) is 0.538. The lowest BCUT2D eigenvalue weighted by molar-refractivity contribution is 0.139. The molecule has 1 unspecified atom stereocenters. The highest BCUT2D eigenvalue weighted by Gasteiger charge is 2.23. The number of nitrogens with zero attached hydrogens (tertiary/aromatic N) is 1. The highest BCUT2D eigenvalue weighted by Crippen LogP contribution is 2.24. The molecule has 1 saturated heterocycles. The number of nitrogens with one attached hydrogen (secondary N) is 1. The minimum atomic E-state index is -2.40. The Kier molecular flexibility index (Phi) is 4.63. The maximum absolute atomic E-state index is 13.7. The van der Waals surface area contributed by atoms with Crippen molar-refractivity contribution in [3.05, 3.63) is 29.8 Å². The minimum Gasteiger partial charge on any atom is -0.368 e. The van der Waals surface area contributed by atoms with Gasteiger partial charge in [0.05, 0.1) is 12.2 Å². The summed E-state index contributed by atoms with van der Waals surface area (Å²) >= 11 is 0. The Balaban J connectivity index is 2.02. The van der Waals surface area contributed by atoms with Crippen molar-refractivity contribution in [3.8, 4) is 0 Å². The second kappa shape index (κ2) is 6.23. The van der Waals surface area contributed by atoms with Gasteiger partial charge in [0.2, 0.25) is 0 Å². The van der Waals surface area contributed by atoms with Crippen LogP contribution in [0.15, 0.2) is 18.2 Å². The highest BCUT2D eigenvalue weighted by molar-refractivity contribution is 5.48. The molecule has 0 spiro atoms. The summed E-state index contributed by atoms with van der Waals surface area (Å²) in [6.45, 7) is 0.643. The second-order valence-electron chi connectivity index (χ2n) is 4.66. The quantitative estimate of drug-likeness (QED) is 0.851. The van der Waals surface area contributed by atoms with Crippen molar-refractivity contribution in [2.75, 3.05) is 24.5 Å². The van der Waals surface area contributed by atoms with Gasteiger partial charge >= 0.3 is 0 Å². The molecule has 0 aliphatic carbocycles. The first kappa shape index (κ1) is 14.1. The van der Waals surface area contributed by atoms with Gasteiger partial charge in [0, 0.05) is 19.1 Å². The van der Waals surface area contributed by atoms with Crippen LogP contribution >= 0.6 is 0 Å². The van der Waals surface area contributed by atoms with Crippen LogP contribution in [0.4, 0.5) is 23.2 Å². The maximum Gasteiger partial charge on any atom is 0.250 e. The van der Waals surface area contributed by atoms with E-state index in [1.54, 1.807) is 4.90 Å². The van der Waals surface area contributed by atoms with Crippen LogP contribution in [0.5, 0.6) is 0 Å². The zero-order chi connectivity index (χ0) is 13.8. The number of rotatable bonds is 4. The Hall–Kier alpha value is -1.30. The molecule has 0 aromatic heterocycles. The van der Waals surface area contributed by atoms with Crippen LogP contribution < -0.4 is 10.2 Å². The van der Waals surface area contributed by atoms with E-state index in [2.05, 4.69) is 5.32 Å². The van der Waals surface area contributed by atoms with Gasteiger partial charge in [-0.1, -0.05) is 6.07 Å². The molecule has 1 aromatic rings. The zero-order valence-electron chi connectivity index (χ0n) is 10.4. The predicted molar refractivity (Wildman–Crippen MR) is 65.6 cm³/mol. The van der Waals surface area contributed by atoms with E-state index in [0.717, 1.165) is 18.9 Å². The number of piperidine rings is 1. The average molecular weight is 276 g/mol. The molecular formula is C13H16F4N2. The van der Waals surface area contributed by atoms with Crippen molar-refractivity contribution in [2.45, 2.75) is 25.3 Å². The van der Waals surface area contributed by atoms with Gasteiger partial charge in [-0.3, -0.25) is 0 Å². The first-order valence-electron chi connectivity index (χ1n) is 6.28. The number of halogens is 4. The number of hydrogen-bond donors (Lipinski definition) is 1. The SMILES string of the molecule is Fc1cccc(N2CCCC(NCC(F)F)C2)c1F. The summed E-state index contributed by atoms with van der Waals surface area (Å²) in [5, 5.41) is 2.75. The Bertz CT molecular complexity index is 425. The van der Waals surface area contributed by atoms with Gasteiger partial charge in [0.25, 0.3) is 6.43 Å². The van der Waals surface area contributed by atoms with Crippen LogP contribution in [0, 0.1) is 11.6 Å². The molecule has 2 nitrogen and oxygen atoms in total. The van der Waals surface area contributed by atoms with E-state index in [4.69, 9.17) is 0 Å². The minimum absolute atomic E-state index is 0.120. The van der Waals surface area contributed by atoms with Crippen molar-refractivity contribution in [3.63, 3.8) is 0 Å². The fourth-order valence-corrected chi connectivity index (χ4v) is 2.35. The fourth-order valence-electron chi connectivity index (χ4n) is 2.35. The van der Waals surface area contributed by atoms with Crippen molar-refractivity contribution < 1.29 is 17.6 Å². The Labute approximate surface area is 109 Å². The van der Waals surface area contributed by atoms with Crippen molar-refractivity contribution in [1.82, 2.24) is 5.32 Å². The van der Waals surface area contributed by atoms with Gasteiger partial charge in [0.15, 0.2) is 11.6 Å². The lowest BCUT2D eigenvalue weighted by atomic mass is 10.0. The van der Waals surface area contributed by atoms with E-state index < -0.39 is 18.1 Å². The third-order valence-corrected chi connectivity index (χ3v) is 3.25. The van der Waals surface area contributed by atoms with Crippen LogP contribution in [-0.4, -0.2) is 32.1 Å². The molecule has 0 radical (unpaired) electrons. The molecule has 1 aromatic carbocycles. The number of benzene rings is 1. The summed E-state index contributed by atoms with van der Waals surface area (Å²) < 4.78 is 51.1. The molecule has 1 atom stereocenters. The first-order chi connectivity index (χ1) is 9.08. The Morgan fingerprint density at radius 2 is 2.11 bits per heavy atom. The molecule has 1 fully saturated rings. The van der Waals surface area contributed by atoms with E-state index >= 15 is 0 Å².